The molecule has 42 heavy (non-hydrogen) atoms. The summed E-state index contributed by atoms with van der Waals surface area (Å²) in [5.74, 6) is 0. The monoisotopic (exact) mass is 600 g/mol. The summed E-state index contributed by atoms with van der Waals surface area (Å²) in [5, 5.41) is 0. The number of anilines is 2. The van der Waals surface area contributed by atoms with Gasteiger partial charge in [0.25, 0.3) is 20.0 Å². The number of aromatic nitrogens is 4. The molecule has 0 radical (unpaired) electrons. The fourth-order valence-electron chi connectivity index (χ4n) is 4.69. The van der Waals surface area contributed by atoms with E-state index in [4.69, 9.17) is 0 Å². The van der Waals surface area contributed by atoms with Gasteiger partial charge in [0.1, 0.15) is 0 Å². The van der Waals surface area contributed by atoms with Gasteiger partial charge in [0.2, 0.25) is 0 Å². The molecule has 0 saturated heterocycles. The van der Waals surface area contributed by atoms with Crippen molar-refractivity contribution in [2.45, 2.75) is 36.7 Å². The molecule has 2 aromatic heterocycles. The van der Waals surface area contributed by atoms with Gasteiger partial charge in [-0.15, -0.1) is 0 Å². The minimum absolute atomic E-state index is 0.196. The van der Waals surface area contributed by atoms with E-state index in [1.54, 1.807) is 85.5 Å². The van der Waals surface area contributed by atoms with E-state index in [2.05, 4.69) is 19.4 Å². The smallest absolute Gasteiger partial charge is 0.261 e. The van der Waals surface area contributed by atoms with E-state index in [9.17, 15) is 16.8 Å². The average molecular weight is 601 g/mol. The maximum absolute atomic E-state index is 12.8. The molecule has 0 atom stereocenters. The van der Waals surface area contributed by atoms with Crippen molar-refractivity contribution in [3.05, 3.63) is 109 Å². The lowest BCUT2D eigenvalue weighted by atomic mass is 10.2. The third kappa shape index (κ3) is 5.58. The Morgan fingerprint density at radius 2 is 0.952 bits per heavy atom. The van der Waals surface area contributed by atoms with Gasteiger partial charge < -0.3 is 9.13 Å². The first-order chi connectivity index (χ1) is 20.1. The molecular formula is C30H28N6O4S2. The number of imidazole rings is 2. The molecule has 0 aliphatic heterocycles. The Morgan fingerprint density at radius 1 is 0.571 bits per heavy atom. The molecule has 0 fully saturated rings. The van der Waals surface area contributed by atoms with E-state index in [0.717, 1.165) is 22.2 Å². The van der Waals surface area contributed by atoms with E-state index in [1.807, 2.05) is 35.1 Å². The lowest BCUT2D eigenvalue weighted by Gasteiger charge is -2.10. The largest absolute Gasteiger partial charge is 0.329 e. The first-order valence-electron chi connectivity index (χ1n) is 13.2. The van der Waals surface area contributed by atoms with Gasteiger partial charge in [-0.1, -0.05) is 35.4 Å². The fourth-order valence-corrected chi connectivity index (χ4v) is 6.79. The molecule has 0 saturated carbocycles. The standard InChI is InChI=1S/C30H28N6O4S2/c1-21-3-9-25(10-4-21)41(37,38)33-23-7-13-29-27(17-23)31-19-35(29)15-16-36-20-32-28-18-24(8-14-30(28)36)34-42(39,40)26-11-5-22(2)6-12-26/h3-14,17-20,33-34H,15-16H2,1-2H3. The second-order valence-electron chi connectivity index (χ2n) is 10.1. The molecule has 2 N–H and O–H groups in total. The third-order valence-corrected chi connectivity index (χ3v) is 9.79. The molecule has 2 heterocycles. The van der Waals surface area contributed by atoms with Crippen LogP contribution in [0.15, 0.2) is 107 Å². The maximum Gasteiger partial charge on any atom is 0.261 e. The van der Waals surface area contributed by atoms with Gasteiger partial charge in [0.15, 0.2) is 0 Å². The summed E-state index contributed by atoms with van der Waals surface area (Å²) in [6.07, 6.45) is 3.44. The summed E-state index contributed by atoms with van der Waals surface area (Å²) >= 11 is 0. The van der Waals surface area contributed by atoms with Gasteiger partial charge in [-0.2, -0.15) is 0 Å². The Morgan fingerprint density at radius 3 is 1.33 bits per heavy atom. The van der Waals surface area contributed by atoms with E-state index in [1.165, 1.54) is 0 Å². The van der Waals surface area contributed by atoms with Crippen LogP contribution in [0, 0.1) is 13.8 Å². The lowest BCUT2D eigenvalue weighted by Crippen LogP contribution is -2.13. The highest BCUT2D eigenvalue weighted by molar-refractivity contribution is 7.93. The second kappa shape index (κ2) is 10.6. The van der Waals surface area contributed by atoms with Gasteiger partial charge >= 0.3 is 0 Å². The number of nitrogens with zero attached hydrogens (tertiary/aromatic N) is 4. The van der Waals surface area contributed by atoms with Crippen LogP contribution in [0.4, 0.5) is 11.4 Å². The van der Waals surface area contributed by atoms with Crippen LogP contribution in [0.5, 0.6) is 0 Å². The van der Waals surface area contributed by atoms with Crippen molar-refractivity contribution >= 4 is 53.5 Å². The SMILES string of the molecule is Cc1ccc(S(=O)(=O)Nc2ccc3c(c2)ncn3CCn2cnc3cc(NS(=O)(=O)c4ccc(C)cc4)ccc32)cc1. The van der Waals surface area contributed by atoms with Crippen LogP contribution in [0.1, 0.15) is 11.1 Å². The molecule has 0 spiro atoms. The highest BCUT2D eigenvalue weighted by atomic mass is 32.2. The van der Waals surface area contributed by atoms with Crippen molar-refractivity contribution < 1.29 is 16.8 Å². The predicted octanol–water partition coefficient (Wildman–Crippen LogP) is 5.30. The maximum atomic E-state index is 12.8. The third-order valence-electron chi connectivity index (χ3n) is 6.99. The first kappa shape index (κ1) is 27.5. The fraction of sp³-hybridized carbons (Fsp3) is 0.133. The number of sulfonamides is 2. The summed E-state index contributed by atoms with van der Waals surface area (Å²) in [4.78, 5) is 9.33. The van der Waals surface area contributed by atoms with Gasteiger partial charge in [0.05, 0.1) is 55.9 Å². The van der Waals surface area contributed by atoms with Crippen LogP contribution in [0.25, 0.3) is 22.1 Å². The van der Waals surface area contributed by atoms with Gasteiger partial charge in [-0.05, 0) is 74.5 Å². The minimum Gasteiger partial charge on any atom is -0.329 e. The van der Waals surface area contributed by atoms with E-state index < -0.39 is 20.0 Å². The van der Waals surface area contributed by atoms with Crippen LogP contribution in [0.2, 0.25) is 0 Å². The van der Waals surface area contributed by atoms with Gasteiger partial charge in [0, 0.05) is 13.1 Å². The average Bonchev–Trinajstić information content (AvgIpc) is 3.55. The van der Waals surface area contributed by atoms with Gasteiger partial charge in [-0.3, -0.25) is 9.44 Å². The molecule has 6 rings (SSSR count). The summed E-state index contributed by atoms with van der Waals surface area (Å²) in [6, 6.07) is 23.9. The van der Waals surface area contributed by atoms with Crippen LogP contribution in [-0.4, -0.2) is 35.9 Å². The molecule has 4 aromatic carbocycles. The second-order valence-corrected chi connectivity index (χ2v) is 13.5. The first-order valence-corrected chi connectivity index (χ1v) is 16.1. The van der Waals surface area contributed by atoms with Crippen molar-refractivity contribution in [3.8, 4) is 0 Å². The van der Waals surface area contributed by atoms with Crippen LogP contribution in [0.3, 0.4) is 0 Å². The van der Waals surface area contributed by atoms with E-state index in [0.29, 0.717) is 35.5 Å². The van der Waals surface area contributed by atoms with Crippen LogP contribution in [-0.2, 0) is 33.1 Å². The molecule has 0 bridgehead atoms. The lowest BCUT2D eigenvalue weighted by molar-refractivity contribution is 0.599. The van der Waals surface area contributed by atoms with E-state index in [-0.39, 0.29) is 9.79 Å². The Labute approximate surface area is 243 Å². The Balaban J connectivity index is 1.15. The molecule has 0 aliphatic carbocycles. The number of rotatable bonds is 9. The molecule has 214 valence electrons. The molecule has 0 amide bonds. The molecule has 6 aromatic rings. The molecule has 0 aliphatic rings. The number of benzene rings is 4. The number of nitrogens with one attached hydrogen (secondary N) is 2. The Bertz CT molecular complexity index is 1980. The van der Waals surface area contributed by atoms with E-state index >= 15 is 0 Å². The van der Waals surface area contributed by atoms with Crippen molar-refractivity contribution in [2.75, 3.05) is 9.44 Å². The van der Waals surface area contributed by atoms with Crippen molar-refractivity contribution in [1.29, 1.82) is 0 Å². The molecular weight excluding hydrogens is 573 g/mol. The molecule has 0 unspecified atom stereocenters. The summed E-state index contributed by atoms with van der Waals surface area (Å²) in [6.45, 7) is 5.00. The summed E-state index contributed by atoms with van der Waals surface area (Å²) < 4.78 is 60.4. The van der Waals surface area contributed by atoms with Crippen LogP contribution >= 0.6 is 0 Å². The number of hydrogen-bond acceptors (Lipinski definition) is 6. The quantitative estimate of drug-likeness (QED) is 0.232. The van der Waals surface area contributed by atoms with Crippen molar-refractivity contribution in [2.24, 2.45) is 0 Å². The molecule has 12 heteroatoms. The highest BCUT2D eigenvalue weighted by Crippen LogP contribution is 2.24. The number of aryl methyl sites for hydroxylation is 4. The zero-order valence-electron chi connectivity index (χ0n) is 22.9. The zero-order valence-corrected chi connectivity index (χ0v) is 24.5. The summed E-state index contributed by atoms with van der Waals surface area (Å²) in [7, 11) is -7.43. The highest BCUT2D eigenvalue weighted by Gasteiger charge is 2.16. The van der Waals surface area contributed by atoms with Crippen molar-refractivity contribution in [1.82, 2.24) is 19.1 Å². The number of fused-ring (bicyclic) bond motifs is 2. The van der Waals surface area contributed by atoms with Crippen molar-refractivity contribution in [3.63, 3.8) is 0 Å². The predicted molar refractivity (Wildman–Crippen MR) is 163 cm³/mol. The normalized spacial score (nSPS) is 12.1. The molecule has 10 nitrogen and oxygen atoms in total. The topological polar surface area (TPSA) is 128 Å². The Hall–Kier alpha value is -4.68. The Kier molecular flexibility index (Phi) is 6.95. The summed E-state index contributed by atoms with van der Waals surface area (Å²) in [5.41, 5.74) is 5.90. The number of hydrogen-bond donors (Lipinski definition) is 2. The van der Waals surface area contributed by atoms with Crippen LogP contribution < -0.4 is 9.44 Å². The van der Waals surface area contributed by atoms with Gasteiger partial charge in [-0.25, -0.2) is 26.8 Å². The zero-order chi connectivity index (χ0) is 29.5. The minimum atomic E-state index is -3.71.